The maximum atomic E-state index is 12.0. The van der Waals surface area contributed by atoms with Crippen molar-refractivity contribution in [3.05, 3.63) is 90.5 Å². The van der Waals surface area contributed by atoms with Crippen LogP contribution in [0, 0.1) is 5.41 Å². The second-order valence-electron chi connectivity index (χ2n) is 9.64. The van der Waals surface area contributed by atoms with Crippen molar-refractivity contribution in [3.8, 4) is 0 Å². The van der Waals surface area contributed by atoms with Crippen LogP contribution in [0.3, 0.4) is 0 Å². The Morgan fingerprint density at radius 3 is 1.39 bits per heavy atom. The summed E-state index contributed by atoms with van der Waals surface area (Å²) >= 11 is 0. The summed E-state index contributed by atoms with van der Waals surface area (Å²) in [6, 6.07) is 29.0. The van der Waals surface area contributed by atoms with Gasteiger partial charge in [0, 0.05) is 0 Å². The van der Waals surface area contributed by atoms with Crippen molar-refractivity contribution in [3.63, 3.8) is 0 Å². The summed E-state index contributed by atoms with van der Waals surface area (Å²) in [5, 5.41) is 3.06. The predicted molar refractivity (Wildman–Crippen MR) is 126 cm³/mol. The van der Waals surface area contributed by atoms with E-state index in [4.69, 9.17) is 0 Å². The van der Waals surface area contributed by atoms with Gasteiger partial charge in [0.05, 0.1) is 0 Å². The zero-order chi connectivity index (χ0) is 20.4. The van der Waals surface area contributed by atoms with Crippen molar-refractivity contribution in [2.45, 2.75) is 46.5 Å². The molecule has 0 aliphatic carbocycles. The standard InChI is InChI=1S/C26H33OP/c1-25(2,3)20-26(4,5)21-16-18-24(19-17-21)28(27,22-12-8-6-9-13-22)23-14-10-7-11-15-23/h6-19,27-28H,20H2,1-5H3. The fourth-order valence-electron chi connectivity index (χ4n) is 4.45. The summed E-state index contributed by atoms with van der Waals surface area (Å²) in [6.45, 7) is 11.5. The van der Waals surface area contributed by atoms with Crippen LogP contribution in [0.2, 0.25) is 0 Å². The van der Waals surface area contributed by atoms with E-state index >= 15 is 0 Å². The number of hydrogen-bond donors (Lipinski definition) is 1. The van der Waals surface area contributed by atoms with Crippen LogP contribution in [0.5, 0.6) is 0 Å². The summed E-state index contributed by atoms with van der Waals surface area (Å²) < 4.78 is 0. The Morgan fingerprint density at radius 1 is 0.607 bits per heavy atom. The zero-order valence-electron chi connectivity index (χ0n) is 17.7. The minimum absolute atomic E-state index is 0.0932. The van der Waals surface area contributed by atoms with Crippen molar-refractivity contribution in [2.75, 3.05) is 0 Å². The minimum atomic E-state index is -3.01. The Balaban J connectivity index is 2.06. The van der Waals surface area contributed by atoms with E-state index < -0.39 is 7.49 Å². The Morgan fingerprint density at radius 2 is 1.00 bits per heavy atom. The Kier molecular flexibility index (Phi) is 5.80. The molecule has 2 heteroatoms. The zero-order valence-corrected chi connectivity index (χ0v) is 18.7. The summed E-state index contributed by atoms with van der Waals surface area (Å²) in [4.78, 5) is 12.0. The average Bonchev–Trinajstić information content (AvgIpc) is 2.67. The molecule has 1 N–H and O–H groups in total. The van der Waals surface area contributed by atoms with Gasteiger partial charge in [-0.05, 0) is 0 Å². The van der Waals surface area contributed by atoms with Gasteiger partial charge in [-0.15, -0.1) is 0 Å². The predicted octanol–water partition coefficient (Wildman–Crippen LogP) is 5.33. The normalized spacial score (nSPS) is 13.4. The third-order valence-corrected chi connectivity index (χ3v) is 8.95. The van der Waals surface area contributed by atoms with Crippen molar-refractivity contribution in [2.24, 2.45) is 5.41 Å². The van der Waals surface area contributed by atoms with E-state index in [-0.39, 0.29) is 10.8 Å². The SMILES string of the molecule is CC(C)(C)CC(C)(C)c1ccc([PH](O)(c2ccccc2)c2ccccc2)cc1. The average molecular weight is 393 g/mol. The molecule has 0 bridgehead atoms. The van der Waals surface area contributed by atoms with Crippen LogP contribution >= 0.6 is 7.49 Å². The second-order valence-corrected chi connectivity index (χ2v) is 12.8. The third-order valence-electron chi connectivity index (χ3n) is 5.44. The van der Waals surface area contributed by atoms with Gasteiger partial charge in [0.2, 0.25) is 0 Å². The van der Waals surface area contributed by atoms with E-state index in [9.17, 15) is 4.89 Å². The Labute approximate surface area is 170 Å². The first-order valence-corrected chi connectivity index (χ1v) is 12.0. The van der Waals surface area contributed by atoms with Gasteiger partial charge in [-0.2, -0.15) is 0 Å². The Hall–Kier alpha value is -1.95. The van der Waals surface area contributed by atoms with E-state index in [1.165, 1.54) is 5.56 Å². The molecule has 0 aliphatic heterocycles. The molecule has 0 atom stereocenters. The van der Waals surface area contributed by atoms with Crippen LogP contribution in [-0.2, 0) is 5.41 Å². The summed E-state index contributed by atoms with van der Waals surface area (Å²) in [5.74, 6) is 0. The monoisotopic (exact) mass is 392 g/mol. The third kappa shape index (κ3) is 4.37. The summed E-state index contributed by atoms with van der Waals surface area (Å²) in [5.41, 5.74) is 1.69. The van der Waals surface area contributed by atoms with Gasteiger partial charge in [0.25, 0.3) is 0 Å². The molecule has 1 nitrogen and oxygen atoms in total. The molecular formula is C26H33OP. The molecule has 0 saturated carbocycles. The number of benzene rings is 3. The molecule has 0 spiro atoms. The first-order chi connectivity index (χ1) is 13.1. The molecule has 0 aliphatic rings. The molecular weight excluding hydrogens is 359 g/mol. The van der Waals surface area contributed by atoms with Crippen molar-refractivity contribution in [1.82, 2.24) is 0 Å². The second kappa shape index (κ2) is 7.82. The summed E-state index contributed by atoms with van der Waals surface area (Å²) in [7, 11) is -3.01. The van der Waals surface area contributed by atoms with Gasteiger partial charge in [0.1, 0.15) is 0 Å². The number of rotatable bonds is 5. The maximum absolute atomic E-state index is 12.0. The molecule has 0 saturated heterocycles. The van der Waals surface area contributed by atoms with E-state index in [0.29, 0.717) is 0 Å². The van der Waals surface area contributed by atoms with Crippen LogP contribution in [0.4, 0.5) is 0 Å². The number of hydrogen-bond acceptors (Lipinski definition) is 1. The summed E-state index contributed by atoms with van der Waals surface area (Å²) in [6.07, 6.45) is 1.11. The fraction of sp³-hybridized carbons (Fsp3) is 0.308. The molecule has 0 heterocycles. The Bertz CT molecular complexity index is 851. The van der Waals surface area contributed by atoms with Crippen LogP contribution in [0.15, 0.2) is 84.9 Å². The fourth-order valence-corrected chi connectivity index (χ4v) is 7.45. The molecule has 3 rings (SSSR count). The van der Waals surface area contributed by atoms with Gasteiger partial charge in [0.15, 0.2) is 0 Å². The van der Waals surface area contributed by atoms with Crippen molar-refractivity contribution in [1.29, 1.82) is 0 Å². The first kappa shape index (κ1) is 20.8. The quantitative estimate of drug-likeness (QED) is 0.582. The van der Waals surface area contributed by atoms with E-state index in [1.54, 1.807) is 0 Å². The van der Waals surface area contributed by atoms with Crippen LogP contribution < -0.4 is 15.9 Å². The van der Waals surface area contributed by atoms with E-state index in [1.807, 2.05) is 36.4 Å². The molecule has 0 aromatic heterocycles. The van der Waals surface area contributed by atoms with Crippen LogP contribution in [0.25, 0.3) is 0 Å². The molecule has 3 aromatic rings. The van der Waals surface area contributed by atoms with E-state index in [0.717, 1.165) is 22.3 Å². The first-order valence-electron chi connectivity index (χ1n) is 10.1. The van der Waals surface area contributed by atoms with Gasteiger partial charge in [-0.1, -0.05) is 0 Å². The topological polar surface area (TPSA) is 20.2 Å². The molecule has 3 aromatic carbocycles. The molecule has 28 heavy (non-hydrogen) atoms. The van der Waals surface area contributed by atoms with Crippen molar-refractivity contribution >= 4 is 23.4 Å². The molecule has 0 fully saturated rings. The molecule has 0 unspecified atom stereocenters. The molecule has 0 amide bonds. The van der Waals surface area contributed by atoms with Crippen LogP contribution in [0.1, 0.15) is 46.6 Å². The molecule has 0 radical (unpaired) electrons. The molecule has 148 valence electrons. The van der Waals surface area contributed by atoms with Gasteiger partial charge in [-0.25, -0.2) is 0 Å². The van der Waals surface area contributed by atoms with Gasteiger partial charge < -0.3 is 0 Å². The van der Waals surface area contributed by atoms with Crippen molar-refractivity contribution < 1.29 is 4.89 Å². The van der Waals surface area contributed by atoms with Gasteiger partial charge in [-0.3, -0.25) is 0 Å². The van der Waals surface area contributed by atoms with Crippen LogP contribution in [-0.4, -0.2) is 4.89 Å². The van der Waals surface area contributed by atoms with E-state index in [2.05, 4.69) is 83.1 Å². The van der Waals surface area contributed by atoms with Gasteiger partial charge >= 0.3 is 171 Å².